The highest BCUT2D eigenvalue weighted by Gasteiger charge is 1.93. The number of hydrogen-bond acceptors (Lipinski definition) is 2. The number of piperidine rings is 1. The molecular formula is C8H21NO. The van der Waals surface area contributed by atoms with Crippen molar-refractivity contribution >= 4 is 0 Å². The molecule has 0 aromatic carbocycles. The zero-order valence-electron chi connectivity index (χ0n) is 6.19. The fraction of sp³-hybridized carbons (Fsp3) is 1.00. The molecule has 64 valence electrons. The first-order chi connectivity index (χ1) is 4.41. The Bertz CT molecular complexity index is 33.0. The summed E-state index contributed by atoms with van der Waals surface area (Å²) < 4.78 is 0. The monoisotopic (exact) mass is 147 g/mol. The van der Waals surface area contributed by atoms with Gasteiger partial charge in [0.15, 0.2) is 0 Å². The second kappa shape index (κ2) is 11.7. The van der Waals surface area contributed by atoms with Crippen molar-refractivity contribution in [2.45, 2.75) is 33.6 Å². The summed E-state index contributed by atoms with van der Waals surface area (Å²) in [6.45, 7) is 4.43. The van der Waals surface area contributed by atoms with Gasteiger partial charge in [-0.2, -0.15) is 0 Å². The molecule has 0 aromatic rings. The first-order valence-electron chi connectivity index (χ1n) is 3.73. The van der Waals surface area contributed by atoms with E-state index in [1.165, 1.54) is 32.4 Å². The highest BCUT2D eigenvalue weighted by atomic mass is 16.2. The van der Waals surface area contributed by atoms with Crippen molar-refractivity contribution in [2.24, 2.45) is 0 Å². The standard InChI is InChI=1S/C5H11N.C2H6O.CH4/c1-2-4-6-5-3-1;1-2-3;/h6H,1-5H2;3H,2H2,1H3;1H4. The van der Waals surface area contributed by atoms with E-state index in [1.807, 2.05) is 0 Å². The van der Waals surface area contributed by atoms with Crippen LogP contribution in [0, 0.1) is 0 Å². The molecule has 0 spiro atoms. The molecule has 1 aliphatic rings. The van der Waals surface area contributed by atoms with Gasteiger partial charge < -0.3 is 10.4 Å². The highest BCUT2D eigenvalue weighted by molar-refractivity contribution is 4.55. The molecule has 2 heteroatoms. The molecule has 0 aliphatic carbocycles. The first-order valence-corrected chi connectivity index (χ1v) is 3.73. The molecule has 0 saturated carbocycles. The van der Waals surface area contributed by atoms with Crippen LogP contribution in [0.4, 0.5) is 0 Å². The van der Waals surface area contributed by atoms with Gasteiger partial charge in [0.2, 0.25) is 0 Å². The van der Waals surface area contributed by atoms with E-state index in [2.05, 4.69) is 5.32 Å². The van der Waals surface area contributed by atoms with Crippen molar-refractivity contribution < 1.29 is 5.11 Å². The van der Waals surface area contributed by atoms with Crippen LogP contribution in [0.5, 0.6) is 0 Å². The van der Waals surface area contributed by atoms with Crippen LogP contribution in [0.3, 0.4) is 0 Å². The van der Waals surface area contributed by atoms with Crippen LogP contribution in [0.15, 0.2) is 0 Å². The molecule has 0 radical (unpaired) electrons. The van der Waals surface area contributed by atoms with Gasteiger partial charge in [0, 0.05) is 6.61 Å². The first kappa shape index (κ1) is 12.6. The zero-order valence-corrected chi connectivity index (χ0v) is 6.19. The van der Waals surface area contributed by atoms with Crippen molar-refractivity contribution in [1.29, 1.82) is 0 Å². The number of hydrogen-bond donors (Lipinski definition) is 2. The van der Waals surface area contributed by atoms with E-state index in [0.29, 0.717) is 0 Å². The molecule has 1 aliphatic heterocycles. The fourth-order valence-corrected chi connectivity index (χ4v) is 0.802. The molecular weight excluding hydrogens is 126 g/mol. The van der Waals surface area contributed by atoms with Gasteiger partial charge in [-0.05, 0) is 32.9 Å². The average Bonchev–Trinajstić information content (AvgIpc) is 1.93. The zero-order chi connectivity index (χ0) is 6.95. The summed E-state index contributed by atoms with van der Waals surface area (Å²) in [7, 11) is 0. The van der Waals surface area contributed by atoms with Gasteiger partial charge >= 0.3 is 0 Å². The van der Waals surface area contributed by atoms with Crippen molar-refractivity contribution in [3.8, 4) is 0 Å². The van der Waals surface area contributed by atoms with Crippen molar-refractivity contribution in [2.75, 3.05) is 19.7 Å². The lowest BCUT2D eigenvalue weighted by Gasteiger charge is -2.08. The minimum absolute atomic E-state index is 0. The lowest BCUT2D eigenvalue weighted by Crippen LogP contribution is -2.21. The summed E-state index contributed by atoms with van der Waals surface area (Å²) in [5, 5.41) is 10.9. The second-order valence-electron chi connectivity index (χ2n) is 2.13. The molecule has 2 N–H and O–H groups in total. The number of aliphatic hydroxyl groups is 1. The molecule has 1 heterocycles. The van der Waals surface area contributed by atoms with Crippen LogP contribution in [-0.4, -0.2) is 24.8 Å². The van der Waals surface area contributed by atoms with Crippen LogP contribution in [0.25, 0.3) is 0 Å². The predicted octanol–water partition coefficient (Wildman–Crippen LogP) is 1.39. The molecule has 1 rings (SSSR count). The molecule has 1 saturated heterocycles. The molecule has 0 aromatic heterocycles. The largest absolute Gasteiger partial charge is 0.397 e. The number of aliphatic hydroxyl groups excluding tert-OH is 1. The molecule has 0 unspecified atom stereocenters. The quantitative estimate of drug-likeness (QED) is 0.543. The van der Waals surface area contributed by atoms with Crippen LogP contribution < -0.4 is 5.32 Å². The van der Waals surface area contributed by atoms with Gasteiger partial charge in [-0.3, -0.25) is 0 Å². The van der Waals surface area contributed by atoms with Crippen LogP contribution in [0.2, 0.25) is 0 Å². The van der Waals surface area contributed by atoms with Crippen molar-refractivity contribution in [1.82, 2.24) is 5.32 Å². The molecule has 10 heavy (non-hydrogen) atoms. The molecule has 1 fully saturated rings. The maximum atomic E-state index is 7.57. The summed E-state index contributed by atoms with van der Waals surface area (Å²) >= 11 is 0. The van der Waals surface area contributed by atoms with E-state index < -0.39 is 0 Å². The van der Waals surface area contributed by atoms with Crippen LogP contribution in [0.1, 0.15) is 33.6 Å². The predicted molar refractivity (Wildman–Crippen MR) is 46.2 cm³/mol. The minimum Gasteiger partial charge on any atom is -0.397 e. The topological polar surface area (TPSA) is 32.3 Å². The third-order valence-electron chi connectivity index (χ3n) is 1.21. The molecule has 2 nitrogen and oxygen atoms in total. The van der Waals surface area contributed by atoms with Gasteiger partial charge in [-0.25, -0.2) is 0 Å². The lowest BCUT2D eigenvalue weighted by molar-refractivity contribution is 0.318. The Morgan fingerprint density at radius 1 is 1.20 bits per heavy atom. The van der Waals surface area contributed by atoms with Crippen molar-refractivity contribution in [3.63, 3.8) is 0 Å². The Morgan fingerprint density at radius 3 is 1.70 bits per heavy atom. The van der Waals surface area contributed by atoms with Crippen LogP contribution in [-0.2, 0) is 0 Å². The Morgan fingerprint density at radius 2 is 1.60 bits per heavy atom. The van der Waals surface area contributed by atoms with E-state index in [4.69, 9.17) is 5.11 Å². The fourth-order valence-electron chi connectivity index (χ4n) is 0.802. The van der Waals surface area contributed by atoms with Gasteiger partial charge in [-0.15, -0.1) is 0 Å². The van der Waals surface area contributed by atoms with E-state index in [-0.39, 0.29) is 14.0 Å². The minimum atomic E-state index is 0. The third kappa shape index (κ3) is 10.8. The maximum Gasteiger partial charge on any atom is 0.0402 e. The van der Waals surface area contributed by atoms with E-state index in [1.54, 1.807) is 6.92 Å². The van der Waals surface area contributed by atoms with Gasteiger partial charge in [-0.1, -0.05) is 13.8 Å². The summed E-state index contributed by atoms with van der Waals surface area (Å²) in [5.41, 5.74) is 0. The van der Waals surface area contributed by atoms with Gasteiger partial charge in [0.25, 0.3) is 0 Å². The number of nitrogens with one attached hydrogen (secondary N) is 1. The second-order valence-corrected chi connectivity index (χ2v) is 2.13. The summed E-state index contributed by atoms with van der Waals surface area (Å²) in [4.78, 5) is 0. The normalized spacial score (nSPS) is 16.2. The van der Waals surface area contributed by atoms with Crippen LogP contribution >= 0.6 is 0 Å². The maximum absolute atomic E-state index is 7.57. The van der Waals surface area contributed by atoms with Gasteiger partial charge in [0.05, 0.1) is 0 Å². The van der Waals surface area contributed by atoms with E-state index >= 15 is 0 Å². The third-order valence-corrected chi connectivity index (χ3v) is 1.21. The molecule has 0 amide bonds. The van der Waals surface area contributed by atoms with Gasteiger partial charge in [0.1, 0.15) is 0 Å². The summed E-state index contributed by atoms with van der Waals surface area (Å²) in [6.07, 6.45) is 4.22. The lowest BCUT2D eigenvalue weighted by atomic mass is 10.2. The smallest absolute Gasteiger partial charge is 0.0402 e. The Hall–Kier alpha value is -0.0800. The SMILES string of the molecule is C.C1CCNCC1.CCO. The number of rotatable bonds is 0. The Balaban J connectivity index is 0. The molecule has 0 bridgehead atoms. The Kier molecular flexibility index (Phi) is 14.7. The van der Waals surface area contributed by atoms with Crippen molar-refractivity contribution in [3.05, 3.63) is 0 Å². The average molecular weight is 147 g/mol. The van der Waals surface area contributed by atoms with E-state index in [9.17, 15) is 0 Å². The van der Waals surface area contributed by atoms with E-state index in [0.717, 1.165) is 0 Å². The summed E-state index contributed by atoms with van der Waals surface area (Å²) in [5.74, 6) is 0. The highest BCUT2D eigenvalue weighted by Crippen LogP contribution is 1.96. The molecule has 0 atom stereocenters. The summed E-state index contributed by atoms with van der Waals surface area (Å²) in [6, 6.07) is 0. The Labute approximate surface area is 64.6 Å².